The van der Waals surface area contributed by atoms with Gasteiger partial charge in [-0.3, -0.25) is 4.90 Å². The molecule has 2 N–H and O–H groups in total. The molecule has 0 aliphatic carbocycles. The standard InChI is InChI=1S/C12H19BrN2O/c1-2-9-4-3-7-15(9)10(8-14)11-5-6-12(13)16-11/h5-6,9-10H,2-4,7-8,14H2,1H3. The molecule has 0 amide bonds. The molecule has 0 aromatic carbocycles. The number of halogens is 1. The van der Waals surface area contributed by atoms with E-state index in [0.717, 1.165) is 17.0 Å². The minimum atomic E-state index is 0.235. The average molecular weight is 287 g/mol. The van der Waals surface area contributed by atoms with Gasteiger partial charge in [0.2, 0.25) is 0 Å². The summed E-state index contributed by atoms with van der Waals surface area (Å²) in [5.41, 5.74) is 5.89. The van der Waals surface area contributed by atoms with Crippen LogP contribution < -0.4 is 5.73 Å². The fourth-order valence-corrected chi connectivity index (χ4v) is 2.95. The van der Waals surface area contributed by atoms with Gasteiger partial charge in [0.05, 0.1) is 6.04 Å². The number of nitrogens with zero attached hydrogens (tertiary/aromatic N) is 1. The summed E-state index contributed by atoms with van der Waals surface area (Å²) in [7, 11) is 0. The van der Waals surface area contributed by atoms with E-state index in [9.17, 15) is 0 Å². The van der Waals surface area contributed by atoms with Gasteiger partial charge >= 0.3 is 0 Å². The van der Waals surface area contributed by atoms with E-state index in [1.54, 1.807) is 0 Å². The fourth-order valence-electron chi connectivity index (χ4n) is 2.63. The predicted molar refractivity (Wildman–Crippen MR) is 68.2 cm³/mol. The Kier molecular flexibility index (Phi) is 4.05. The summed E-state index contributed by atoms with van der Waals surface area (Å²) < 4.78 is 6.42. The second-order valence-corrected chi connectivity index (χ2v) is 5.12. The van der Waals surface area contributed by atoms with Crippen molar-refractivity contribution in [1.29, 1.82) is 0 Å². The molecule has 3 nitrogen and oxygen atoms in total. The van der Waals surface area contributed by atoms with Crippen LogP contribution in [-0.2, 0) is 0 Å². The molecule has 16 heavy (non-hydrogen) atoms. The zero-order chi connectivity index (χ0) is 11.5. The van der Waals surface area contributed by atoms with Crippen molar-refractivity contribution in [3.05, 3.63) is 22.6 Å². The third-order valence-electron chi connectivity index (χ3n) is 3.44. The predicted octanol–water partition coefficient (Wildman–Crippen LogP) is 2.92. The maximum atomic E-state index is 5.89. The van der Waals surface area contributed by atoms with Crippen molar-refractivity contribution < 1.29 is 4.42 Å². The molecule has 1 aromatic rings. The molecule has 1 aliphatic heterocycles. The minimum Gasteiger partial charge on any atom is -0.453 e. The monoisotopic (exact) mass is 286 g/mol. The van der Waals surface area contributed by atoms with E-state index in [2.05, 4.69) is 27.8 Å². The summed E-state index contributed by atoms with van der Waals surface area (Å²) in [6.07, 6.45) is 3.75. The van der Waals surface area contributed by atoms with Gasteiger partial charge in [-0.25, -0.2) is 0 Å². The molecule has 1 aromatic heterocycles. The van der Waals surface area contributed by atoms with E-state index in [1.165, 1.54) is 19.3 Å². The largest absolute Gasteiger partial charge is 0.453 e. The van der Waals surface area contributed by atoms with E-state index in [4.69, 9.17) is 10.2 Å². The molecule has 0 bridgehead atoms. The van der Waals surface area contributed by atoms with E-state index in [1.807, 2.05) is 12.1 Å². The van der Waals surface area contributed by atoms with Gasteiger partial charge < -0.3 is 10.2 Å². The molecule has 0 radical (unpaired) electrons. The molecule has 1 fully saturated rings. The van der Waals surface area contributed by atoms with Crippen LogP contribution in [0.4, 0.5) is 0 Å². The van der Waals surface area contributed by atoms with E-state index in [0.29, 0.717) is 12.6 Å². The smallest absolute Gasteiger partial charge is 0.169 e. The highest BCUT2D eigenvalue weighted by atomic mass is 79.9. The Morgan fingerprint density at radius 2 is 2.44 bits per heavy atom. The van der Waals surface area contributed by atoms with Crippen LogP contribution in [0, 0.1) is 0 Å². The number of rotatable bonds is 4. The van der Waals surface area contributed by atoms with E-state index >= 15 is 0 Å². The highest BCUT2D eigenvalue weighted by molar-refractivity contribution is 9.10. The van der Waals surface area contributed by atoms with Crippen molar-refractivity contribution in [3.8, 4) is 0 Å². The van der Waals surface area contributed by atoms with Crippen LogP contribution in [0.15, 0.2) is 21.2 Å². The van der Waals surface area contributed by atoms with Gasteiger partial charge in [-0.2, -0.15) is 0 Å². The maximum Gasteiger partial charge on any atom is 0.169 e. The van der Waals surface area contributed by atoms with Crippen LogP contribution in [0.25, 0.3) is 0 Å². The summed E-state index contributed by atoms with van der Waals surface area (Å²) in [5.74, 6) is 0.981. The highest BCUT2D eigenvalue weighted by Crippen LogP contribution is 2.31. The summed E-state index contributed by atoms with van der Waals surface area (Å²) >= 11 is 3.34. The number of hydrogen-bond acceptors (Lipinski definition) is 3. The Balaban J connectivity index is 2.15. The lowest BCUT2D eigenvalue weighted by Gasteiger charge is -2.30. The average Bonchev–Trinajstić information content (AvgIpc) is 2.89. The summed E-state index contributed by atoms with van der Waals surface area (Å²) in [5, 5.41) is 0. The van der Waals surface area contributed by atoms with Crippen molar-refractivity contribution in [3.63, 3.8) is 0 Å². The summed E-state index contributed by atoms with van der Waals surface area (Å²) in [4.78, 5) is 2.49. The molecule has 2 atom stereocenters. The first-order valence-electron chi connectivity index (χ1n) is 5.97. The van der Waals surface area contributed by atoms with Gasteiger partial charge in [-0.05, 0) is 53.9 Å². The van der Waals surface area contributed by atoms with Crippen LogP contribution in [0.1, 0.15) is 38.0 Å². The number of nitrogens with two attached hydrogens (primary N) is 1. The normalized spacial score (nSPS) is 23.8. The highest BCUT2D eigenvalue weighted by Gasteiger charge is 2.31. The first-order valence-corrected chi connectivity index (χ1v) is 6.76. The molecule has 2 rings (SSSR count). The van der Waals surface area contributed by atoms with Crippen LogP contribution in [-0.4, -0.2) is 24.0 Å². The molecule has 0 saturated carbocycles. The van der Waals surface area contributed by atoms with Crippen molar-refractivity contribution in [2.75, 3.05) is 13.1 Å². The Morgan fingerprint density at radius 3 is 3.00 bits per heavy atom. The first-order chi connectivity index (χ1) is 7.76. The molecule has 0 spiro atoms. The van der Waals surface area contributed by atoms with Crippen LogP contribution in [0.5, 0.6) is 0 Å². The van der Waals surface area contributed by atoms with Crippen LogP contribution in [0.3, 0.4) is 0 Å². The Labute approximate surface area is 105 Å². The zero-order valence-electron chi connectivity index (χ0n) is 9.66. The summed E-state index contributed by atoms with van der Waals surface area (Å²) in [6.45, 7) is 4.00. The minimum absolute atomic E-state index is 0.235. The topological polar surface area (TPSA) is 42.4 Å². The van der Waals surface area contributed by atoms with E-state index in [-0.39, 0.29) is 6.04 Å². The van der Waals surface area contributed by atoms with Crippen LogP contribution >= 0.6 is 15.9 Å². The van der Waals surface area contributed by atoms with Gasteiger partial charge in [0.1, 0.15) is 5.76 Å². The number of likely N-dealkylation sites (tertiary alicyclic amines) is 1. The van der Waals surface area contributed by atoms with Gasteiger partial charge in [0.15, 0.2) is 4.67 Å². The third kappa shape index (κ3) is 2.34. The van der Waals surface area contributed by atoms with Gasteiger partial charge in [0, 0.05) is 12.6 Å². The molecule has 90 valence electrons. The quantitative estimate of drug-likeness (QED) is 0.926. The van der Waals surface area contributed by atoms with Gasteiger partial charge in [-0.1, -0.05) is 6.92 Å². The molecule has 2 heterocycles. The first kappa shape index (κ1) is 12.1. The molecule has 1 aliphatic rings. The lowest BCUT2D eigenvalue weighted by atomic mass is 10.1. The Bertz CT molecular complexity index is 340. The SMILES string of the molecule is CCC1CCCN1C(CN)c1ccc(Br)o1. The lowest BCUT2D eigenvalue weighted by Crippen LogP contribution is -2.36. The Morgan fingerprint density at radius 1 is 1.62 bits per heavy atom. The molecule has 4 heteroatoms. The Hall–Kier alpha value is -0.320. The second kappa shape index (κ2) is 5.34. The van der Waals surface area contributed by atoms with Crippen molar-refractivity contribution in [1.82, 2.24) is 4.90 Å². The maximum absolute atomic E-state index is 5.89. The second-order valence-electron chi connectivity index (χ2n) is 4.34. The number of hydrogen-bond donors (Lipinski definition) is 1. The third-order valence-corrected chi connectivity index (χ3v) is 3.87. The fraction of sp³-hybridized carbons (Fsp3) is 0.667. The zero-order valence-corrected chi connectivity index (χ0v) is 11.2. The lowest BCUT2D eigenvalue weighted by molar-refractivity contribution is 0.159. The molecule has 2 unspecified atom stereocenters. The molecular weight excluding hydrogens is 268 g/mol. The molecular formula is C12H19BrN2O. The number of furan rings is 1. The van der Waals surface area contributed by atoms with Crippen molar-refractivity contribution >= 4 is 15.9 Å². The van der Waals surface area contributed by atoms with Crippen LogP contribution in [0.2, 0.25) is 0 Å². The summed E-state index contributed by atoms with van der Waals surface area (Å²) in [6, 6.07) is 4.86. The van der Waals surface area contributed by atoms with Gasteiger partial charge in [-0.15, -0.1) is 0 Å². The van der Waals surface area contributed by atoms with Gasteiger partial charge in [0.25, 0.3) is 0 Å². The van der Waals surface area contributed by atoms with E-state index < -0.39 is 0 Å². The van der Waals surface area contributed by atoms with Crippen molar-refractivity contribution in [2.24, 2.45) is 5.73 Å². The van der Waals surface area contributed by atoms with Crippen molar-refractivity contribution in [2.45, 2.75) is 38.3 Å². The molecule has 1 saturated heterocycles.